The number of carbonyl (C=O) groups excluding carboxylic acids is 1. The Morgan fingerprint density at radius 1 is 1.23 bits per heavy atom. The standard InChI is InChI=1S/C20H24N4OS/c1-3-23-13-16(15-9-8-10-21-18(15)23)19-22-14(2)17(26-19)20(25)24-11-6-4-5-7-12-24/h8-10,13H,3-7,11-12H2,1-2H3. The number of hydrogen-bond acceptors (Lipinski definition) is 4. The molecule has 4 heterocycles. The van der Waals surface area contributed by atoms with Crippen LogP contribution in [0.1, 0.15) is 48.0 Å². The molecule has 0 N–H and O–H groups in total. The van der Waals surface area contributed by atoms with Crippen LogP contribution in [0.2, 0.25) is 0 Å². The van der Waals surface area contributed by atoms with E-state index in [1.54, 1.807) is 0 Å². The van der Waals surface area contributed by atoms with Crippen LogP contribution in [0.4, 0.5) is 0 Å². The Morgan fingerprint density at radius 2 is 2.00 bits per heavy atom. The summed E-state index contributed by atoms with van der Waals surface area (Å²) < 4.78 is 2.14. The van der Waals surface area contributed by atoms with E-state index in [4.69, 9.17) is 4.98 Å². The van der Waals surface area contributed by atoms with Gasteiger partial charge >= 0.3 is 0 Å². The van der Waals surface area contributed by atoms with Crippen molar-refractivity contribution in [2.45, 2.75) is 46.1 Å². The summed E-state index contributed by atoms with van der Waals surface area (Å²) in [5, 5.41) is 2.00. The van der Waals surface area contributed by atoms with Crippen LogP contribution in [0, 0.1) is 6.92 Å². The molecular formula is C20H24N4OS. The Labute approximate surface area is 157 Å². The monoisotopic (exact) mass is 368 g/mol. The second-order valence-electron chi connectivity index (χ2n) is 6.84. The normalized spacial score (nSPS) is 15.4. The topological polar surface area (TPSA) is 51.0 Å². The van der Waals surface area contributed by atoms with Crippen molar-refractivity contribution in [1.29, 1.82) is 0 Å². The smallest absolute Gasteiger partial charge is 0.265 e. The largest absolute Gasteiger partial charge is 0.338 e. The zero-order valence-corrected chi connectivity index (χ0v) is 16.2. The molecule has 3 aromatic rings. The number of aromatic nitrogens is 3. The molecule has 136 valence electrons. The van der Waals surface area contributed by atoms with Gasteiger partial charge in [-0.05, 0) is 38.8 Å². The Kier molecular flexibility index (Phi) is 4.76. The van der Waals surface area contributed by atoms with Gasteiger partial charge in [0.1, 0.15) is 15.5 Å². The van der Waals surface area contributed by atoms with E-state index in [0.717, 1.165) is 64.7 Å². The van der Waals surface area contributed by atoms with Gasteiger partial charge in [0.25, 0.3) is 5.91 Å². The lowest BCUT2D eigenvalue weighted by atomic mass is 10.2. The zero-order valence-electron chi connectivity index (χ0n) is 15.4. The number of fused-ring (bicyclic) bond motifs is 1. The van der Waals surface area contributed by atoms with Gasteiger partial charge in [-0.1, -0.05) is 12.8 Å². The maximum Gasteiger partial charge on any atom is 0.265 e. The van der Waals surface area contributed by atoms with E-state index in [1.165, 1.54) is 24.2 Å². The number of hydrogen-bond donors (Lipinski definition) is 0. The molecular weight excluding hydrogens is 344 g/mol. The fraction of sp³-hybridized carbons (Fsp3) is 0.450. The quantitative estimate of drug-likeness (QED) is 0.684. The highest BCUT2D eigenvalue weighted by atomic mass is 32.1. The molecule has 0 bridgehead atoms. The summed E-state index contributed by atoms with van der Waals surface area (Å²) in [7, 11) is 0. The van der Waals surface area contributed by atoms with Crippen LogP contribution >= 0.6 is 11.3 Å². The van der Waals surface area contributed by atoms with Gasteiger partial charge in [0, 0.05) is 43.0 Å². The van der Waals surface area contributed by atoms with E-state index >= 15 is 0 Å². The third-order valence-corrected chi connectivity index (χ3v) is 6.27. The number of likely N-dealkylation sites (tertiary alicyclic amines) is 1. The summed E-state index contributed by atoms with van der Waals surface area (Å²) in [4.78, 5) is 25.1. The first-order chi connectivity index (χ1) is 12.7. The number of nitrogens with zero attached hydrogens (tertiary/aromatic N) is 4. The number of pyridine rings is 1. The predicted molar refractivity (Wildman–Crippen MR) is 106 cm³/mol. The van der Waals surface area contributed by atoms with Gasteiger partial charge < -0.3 is 9.47 Å². The van der Waals surface area contributed by atoms with Gasteiger partial charge in [-0.2, -0.15) is 0 Å². The molecule has 0 radical (unpaired) electrons. The Bertz CT molecular complexity index is 935. The summed E-state index contributed by atoms with van der Waals surface area (Å²) in [6, 6.07) is 4.03. The van der Waals surface area contributed by atoms with Gasteiger partial charge in [-0.25, -0.2) is 9.97 Å². The summed E-state index contributed by atoms with van der Waals surface area (Å²) in [6.45, 7) is 6.65. The van der Waals surface area contributed by atoms with Crippen LogP contribution in [0.5, 0.6) is 0 Å². The average Bonchev–Trinajstić information content (AvgIpc) is 3.10. The SMILES string of the molecule is CCn1cc(-c2nc(C)c(C(=O)N3CCCCCC3)s2)c2cccnc21. The van der Waals surface area contributed by atoms with Crippen molar-refractivity contribution in [1.82, 2.24) is 19.4 Å². The molecule has 0 atom stereocenters. The van der Waals surface area contributed by atoms with Crippen molar-refractivity contribution in [3.63, 3.8) is 0 Å². The molecule has 1 aliphatic heterocycles. The number of amides is 1. The molecule has 0 aromatic carbocycles. The van der Waals surface area contributed by atoms with Crippen LogP contribution < -0.4 is 0 Å². The van der Waals surface area contributed by atoms with Crippen LogP contribution in [0.15, 0.2) is 24.5 Å². The van der Waals surface area contributed by atoms with Gasteiger partial charge in [0.05, 0.1) is 5.69 Å². The zero-order chi connectivity index (χ0) is 18.1. The predicted octanol–water partition coefficient (Wildman–Crippen LogP) is 4.50. The van der Waals surface area contributed by atoms with E-state index < -0.39 is 0 Å². The summed E-state index contributed by atoms with van der Waals surface area (Å²) in [6.07, 6.45) is 8.58. The van der Waals surface area contributed by atoms with E-state index in [-0.39, 0.29) is 5.91 Å². The summed E-state index contributed by atoms with van der Waals surface area (Å²) in [5.74, 6) is 0.144. The van der Waals surface area contributed by atoms with Crippen molar-refractivity contribution in [2.75, 3.05) is 13.1 Å². The molecule has 0 unspecified atom stereocenters. The lowest BCUT2D eigenvalue weighted by molar-refractivity contribution is 0.0765. The first kappa shape index (κ1) is 17.2. The highest BCUT2D eigenvalue weighted by Gasteiger charge is 2.24. The molecule has 3 aromatic heterocycles. The molecule has 5 nitrogen and oxygen atoms in total. The van der Waals surface area contributed by atoms with Gasteiger partial charge in [0.15, 0.2) is 0 Å². The van der Waals surface area contributed by atoms with Gasteiger partial charge in [-0.15, -0.1) is 11.3 Å². The first-order valence-electron chi connectivity index (χ1n) is 9.40. The first-order valence-corrected chi connectivity index (χ1v) is 10.2. The molecule has 4 rings (SSSR count). The average molecular weight is 369 g/mol. The molecule has 6 heteroatoms. The summed E-state index contributed by atoms with van der Waals surface area (Å²) in [5.41, 5.74) is 2.87. The van der Waals surface area contributed by atoms with Crippen molar-refractivity contribution >= 4 is 28.3 Å². The third kappa shape index (κ3) is 3.03. The van der Waals surface area contributed by atoms with Crippen molar-refractivity contribution in [3.05, 3.63) is 35.1 Å². The van der Waals surface area contributed by atoms with Crippen molar-refractivity contribution in [2.24, 2.45) is 0 Å². The fourth-order valence-electron chi connectivity index (χ4n) is 3.66. The van der Waals surface area contributed by atoms with Crippen molar-refractivity contribution < 1.29 is 4.79 Å². The van der Waals surface area contributed by atoms with Crippen molar-refractivity contribution in [3.8, 4) is 10.6 Å². The minimum Gasteiger partial charge on any atom is -0.338 e. The highest BCUT2D eigenvalue weighted by Crippen LogP contribution is 2.34. The Morgan fingerprint density at radius 3 is 2.73 bits per heavy atom. The minimum atomic E-state index is 0.144. The molecule has 0 spiro atoms. The Hall–Kier alpha value is -2.21. The van der Waals surface area contributed by atoms with E-state index in [1.807, 2.05) is 24.1 Å². The van der Waals surface area contributed by atoms with E-state index in [2.05, 4.69) is 28.7 Å². The minimum absolute atomic E-state index is 0.144. The number of thiazole rings is 1. The fourth-order valence-corrected chi connectivity index (χ4v) is 4.72. The second-order valence-corrected chi connectivity index (χ2v) is 7.84. The molecule has 1 fully saturated rings. The lowest BCUT2D eigenvalue weighted by Gasteiger charge is -2.19. The van der Waals surface area contributed by atoms with Crippen LogP contribution in [0.25, 0.3) is 21.6 Å². The van der Waals surface area contributed by atoms with E-state index in [0.29, 0.717) is 0 Å². The van der Waals surface area contributed by atoms with E-state index in [9.17, 15) is 4.79 Å². The maximum atomic E-state index is 13.0. The van der Waals surface area contributed by atoms with Gasteiger partial charge in [-0.3, -0.25) is 4.79 Å². The van der Waals surface area contributed by atoms with Crippen LogP contribution in [-0.4, -0.2) is 38.4 Å². The third-order valence-electron chi connectivity index (χ3n) is 5.09. The second kappa shape index (κ2) is 7.19. The molecule has 1 aliphatic rings. The lowest BCUT2D eigenvalue weighted by Crippen LogP contribution is -2.31. The summed E-state index contributed by atoms with van der Waals surface area (Å²) >= 11 is 1.52. The van der Waals surface area contributed by atoms with Crippen LogP contribution in [-0.2, 0) is 6.54 Å². The molecule has 1 saturated heterocycles. The molecule has 26 heavy (non-hydrogen) atoms. The number of carbonyl (C=O) groups is 1. The number of aryl methyl sites for hydroxylation is 2. The Balaban J connectivity index is 1.72. The van der Waals surface area contributed by atoms with Gasteiger partial charge in [0.2, 0.25) is 0 Å². The van der Waals surface area contributed by atoms with Crippen LogP contribution in [0.3, 0.4) is 0 Å². The number of rotatable bonds is 3. The highest BCUT2D eigenvalue weighted by molar-refractivity contribution is 7.17. The maximum absolute atomic E-state index is 13.0. The molecule has 0 saturated carbocycles. The molecule has 0 aliphatic carbocycles. The molecule has 1 amide bonds.